The van der Waals surface area contributed by atoms with Gasteiger partial charge in [-0.05, 0) is 72.9 Å². The fraction of sp³-hybridized carbons (Fsp3) is 0.207. The highest BCUT2D eigenvalue weighted by Crippen LogP contribution is 2.41. The van der Waals surface area contributed by atoms with Gasteiger partial charge in [0.1, 0.15) is 11.8 Å². The van der Waals surface area contributed by atoms with Crippen LogP contribution in [0.5, 0.6) is 5.75 Å². The maximum atomic E-state index is 12.4. The summed E-state index contributed by atoms with van der Waals surface area (Å²) in [7, 11) is 1.70. The van der Waals surface area contributed by atoms with Crippen LogP contribution in [0.1, 0.15) is 23.5 Å². The van der Waals surface area contributed by atoms with Crippen LogP contribution in [0, 0.1) is 0 Å². The minimum atomic E-state index is -0.232. The predicted octanol–water partition coefficient (Wildman–Crippen LogP) is 4.72. The lowest BCUT2D eigenvalue weighted by molar-refractivity contribution is -0.118. The zero-order valence-electron chi connectivity index (χ0n) is 21.0. The van der Waals surface area contributed by atoms with Gasteiger partial charge in [-0.15, -0.1) is 0 Å². The Balaban J connectivity index is 1.37. The van der Waals surface area contributed by atoms with Gasteiger partial charge in [-0.3, -0.25) is 9.78 Å². The normalized spacial score (nSPS) is 16.8. The Bertz CT molecular complexity index is 1360. The van der Waals surface area contributed by atoms with E-state index in [0.29, 0.717) is 23.2 Å². The molecule has 1 aliphatic rings. The Labute approximate surface area is 227 Å². The average Bonchev–Trinajstić information content (AvgIpc) is 3.56. The Morgan fingerprint density at radius 1 is 1.03 bits per heavy atom. The third-order valence-electron chi connectivity index (χ3n) is 6.34. The van der Waals surface area contributed by atoms with E-state index < -0.39 is 0 Å². The van der Waals surface area contributed by atoms with Gasteiger partial charge in [-0.1, -0.05) is 24.3 Å². The molecule has 194 valence electrons. The lowest BCUT2D eigenvalue weighted by Crippen LogP contribution is -2.30. The summed E-state index contributed by atoms with van der Waals surface area (Å²) >= 11 is 5.83. The zero-order chi connectivity index (χ0) is 26.3. The van der Waals surface area contributed by atoms with Crippen molar-refractivity contribution in [1.29, 1.82) is 0 Å². The van der Waals surface area contributed by atoms with Gasteiger partial charge < -0.3 is 29.6 Å². The molecule has 8 nitrogen and oxygen atoms in total. The summed E-state index contributed by atoms with van der Waals surface area (Å²) in [5.41, 5.74) is 3.59. The van der Waals surface area contributed by atoms with Crippen LogP contribution in [0.3, 0.4) is 0 Å². The molecule has 2 aromatic heterocycles. The highest BCUT2D eigenvalue weighted by atomic mass is 32.1. The van der Waals surface area contributed by atoms with E-state index in [1.54, 1.807) is 13.3 Å². The van der Waals surface area contributed by atoms with Gasteiger partial charge in [-0.2, -0.15) is 0 Å². The van der Waals surface area contributed by atoms with Crippen molar-refractivity contribution in [2.24, 2.45) is 0 Å². The van der Waals surface area contributed by atoms with E-state index in [2.05, 4.69) is 37.3 Å². The second-order valence-electron chi connectivity index (χ2n) is 8.81. The Hall–Kier alpha value is -4.21. The maximum absolute atomic E-state index is 12.4. The first-order valence-corrected chi connectivity index (χ1v) is 12.8. The molecule has 0 bridgehead atoms. The number of carbonyl (C=O) groups excluding carboxylic acids is 1. The number of nitrogens with zero attached hydrogens (tertiary/aromatic N) is 3. The van der Waals surface area contributed by atoms with Crippen LogP contribution in [0.2, 0.25) is 0 Å². The first-order valence-electron chi connectivity index (χ1n) is 12.4. The molecular formula is C29H29N5O3S. The summed E-state index contributed by atoms with van der Waals surface area (Å²) < 4.78 is 13.1. The molecule has 1 amide bonds. The second kappa shape index (κ2) is 11.9. The average molecular weight is 528 g/mol. The number of para-hydroxylation sites is 1. The van der Waals surface area contributed by atoms with Gasteiger partial charge >= 0.3 is 0 Å². The van der Waals surface area contributed by atoms with Crippen LogP contribution >= 0.6 is 12.2 Å². The zero-order valence-corrected chi connectivity index (χ0v) is 21.8. The minimum Gasteiger partial charge on any atom is -0.484 e. The molecule has 0 unspecified atom stereocenters. The van der Waals surface area contributed by atoms with E-state index in [0.717, 1.165) is 23.6 Å². The first kappa shape index (κ1) is 25.4. The molecule has 3 heterocycles. The molecule has 9 heteroatoms. The summed E-state index contributed by atoms with van der Waals surface area (Å²) in [6.45, 7) is 1.25. The Kier molecular flexibility index (Phi) is 7.96. The number of methoxy groups -OCH3 is 1. The number of ether oxygens (including phenoxy) is 2. The molecule has 1 aliphatic heterocycles. The molecule has 0 saturated carbocycles. The number of rotatable bonds is 10. The summed E-state index contributed by atoms with van der Waals surface area (Å²) in [6, 6.07) is 26.7. The molecule has 2 atom stereocenters. The van der Waals surface area contributed by atoms with E-state index >= 15 is 0 Å². The highest BCUT2D eigenvalue weighted by molar-refractivity contribution is 7.80. The van der Waals surface area contributed by atoms with E-state index in [-0.39, 0.29) is 24.6 Å². The smallest absolute Gasteiger partial charge is 0.262 e. The molecule has 0 radical (unpaired) electrons. The molecule has 5 rings (SSSR count). The molecule has 0 spiro atoms. The topological polar surface area (TPSA) is 80.7 Å². The second-order valence-corrected chi connectivity index (χ2v) is 9.20. The molecule has 0 aliphatic carbocycles. The van der Waals surface area contributed by atoms with Crippen molar-refractivity contribution in [3.63, 3.8) is 0 Å². The van der Waals surface area contributed by atoms with Crippen LogP contribution in [-0.2, 0) is 16.1 Å². The standard InChI is InChI=1S/C29H29N5O3S/c1-36-19-18-33-17-7-11-25(33)28-27(24-10-5-6-16-30-24)32-29(38)34(28)22-14-12-21(13-15-22)31-26(35)20-37-23-8-3-2-4-9-23/h2-17,27-28H,18-20H2,1H3,(H,31,35)(H,32,38)/t27-,28-/m0/s1. The van der Waals surface area contributed by atoms with Crippen LogP contribution in [-0.4, -0.2) is 40.9 Å². The van der Waals surface area contributed by atoms with Gasteiger partial charge in [0.25, 0.3) is 5.91 Å². The molecule has 2 N–H and O–H groups in total. The summed E-state index contributed by atoms with van der Waals surface area (Å²) in [6.07, 6.45) is 3.85. The van der Waals surface area contributed by atoms with Crippen molar-refractivity contribution in [2.75, 3.05) is 30.5 Å². The summed E-state index contributed by atoms with van der Waals surface area (Å²) in [5, 5.41) is 6.98. The van der Waals surface area contributed by atoms with Crippen molar-refractivity contribution in [3.8, 4) is 5.75 Å². The number of hydrogen-bond acceptors (Lipinski definition) is 5. The third-order valence-corrected chi connectivity index (χ3v) is 6.66. The van der Waals surface area contributed by atoms with E-state index in [1.165, 1.54) is 0 Å². The van der Waals surface area contributed by atoms with Crippen LogP contribution in [0.25, 0.3) is 0 Å². The first-order chi connectivity index (χ1) is 18.6. The molecule has 2 aromatic carbocycles. The third kappa shape index (κ3) is 5.69. The van der Waals surface area contributed by atoms with Crippen molar-refractivity contribution in [3.05, 3.63) is 109 Å². The summed E-state index contributed by atoms with van der Waals surface area (Å²) in [4.78, 5) is 19.1. The lowest BCUT2D eigenvalue weighted by Gasteiger charge is -2.29. The molecule has 1 fully saturated rings. The van der Waals surface area contributed by atoms with Crippen LogP contribution in [0.15, 0.2) is 97.3 Å². The number of pyridine rings is 1. The van der Waals surface area contributed by atoms with Crippen LogP contribution < -0.4 is 20.3 Å². The molecule has 38 heavy (non-hydrogen) atoms. The number of benzene rings is 2. The SMILES string of the molecule is COCCn1cccc1[C@H]1[C@H](c2ccccn2)NC(=S)N1c1ccc(NC(=O)COc2ccccc2)cc1. The van der Waals surface area contributed by atoms with Crippen molar-refractivity contribution in [1.82, 2.24) is 14.9 Å². The maximum Gasteiger partial charge on any atom is 0.262 e. The molecular weight excluding hydrogens is 498 g/mol. The van der Waals surface area contributed by atoms with Gasteiger partial charge in [0, 0.05) is 43.1 Å². The van der Waals surface area contributed by atoms with Crippen molar-refractivity contribution < 1.29 is 14.3 Å². The molecule has 1 saturated heterocycles. The molecule has 4 aromatic rings. The fourth-order valence-electron chi connectivity index (χ4n) is 4.59. The number of nitrogens with one attached hydrogen (secondary N) is 2. The number of aromatic nitrogens is 2. The van der Waals surface area contributed by atoms with E-state index in [9.17, 15) is 4.79 Å². The summed E-state index contributed by atoms with van der Waals surface area (Å²) in [5.74, 6) is 0.417. The van der Waals surface area contributed by atoms with Gasteiger partial charge in [0.05, 0.1) is 18.3 Å². The quantitative estimate of drug-likeness (QED) is 0.289. The fourth-order valence-corrected chi connectivity index (χ4v) is 4.94. The monoisotopic (exact) mass is 527 g/mol. The predicted molar refractivity (Wildman–Crippen MR) is 151 cm³/mol. The van der Waals surface area contributed by atoms with Crippen molar-refractivity contribution >= 4 is 34.6 Å². The van der Waals surface area contributed by atoms with Gasteiger partial charge in [0.2, 0.25) is 0 Å². The number of carbonyl (C=O) groups is 1. The number of hydrogen-bond donors (Lipinski definition) is 2. The Morgan fingerprint density at radius 2 is 1.82 bits per heavy atom. The number of anilines is 2. The van der Waals surface area contributed by atoms with Crippen molar-refractivity contribution in [2.45, 2.75) is 18.6 Å². The van der Waals surface area contributed by atoms with E-state index in [1.807, 2.05) is 78.9 Å². The number of thiocarbonyl (C=S) groups is 1. The minimum absolute atomic E-state index is 0.0712. The van der Waals surface area contributed by atoms with Gasteiger partial charge in [0.15, 0.2) is 11.7 Å². The largest absolute Gasteiger partial charge is 0.484 e. The highest BCUT2D eigenvalue weighted by Gasteiger charge is 2.42. The van der Waals surface area contributed by atoms with E-state index in [4.69, 9.17) is 21.7 Å². The van der Waals surface area contributed by atoms with Gasteiger partial charge in [-0.25, -0.2) is 0 Å². The van der Waals surface area contributed by atoms with Crippen LogP contribution in [0.4, 0.5) is 11.4 Å². The Morgan fingerprint density at radius 3 is 2.55 bits per heavy atom. The lowest BCUT2D eigenvalue weighted by atomic mass is 10.0. The number of amides is 1.